The fraction of sp³-hybridized carbons (Fsp3) is 0.786. The molecule has 2 rings (SSSR count). The van der Waals surface area contributed by atoms with Crippen LogP contribution in [0, 0.1) is 11.8 Å². The molecule has 100 valence electrons. The molecule has 1 unspecified atom stereocenters. The first-order valence-electron chi connectivity index (χ1n) is 6.76. The molecule has 1 spiro atoms. The highest BCUT2D eigenvalue weighted by Gasteiger charge is 2.40. The molecule has 1 atom stereocenters. The Hall–Kier alpha value is -0.793. The topological polar surface area (TPSA) is 30.8 Å². The molecule has 0 N–H and O–H groups in total. The van der Waals surface area contributed by atoms with Gasteiger partial charge < -0.3 is 9.57 Å². The summed E-state index contributed by atoms with van der Waals surface area (Å²) in [7, 11) is -1.17. The van der Waals surface area contributed by atoms with Crippen LogP contribution in [0.25, 0.3) is 0 Å². The fourth-order valence-corrected chi connectivity index (χ4v) is 2.51. The summed E-state index contributed by atoms with van der Waals surface area (Å²) in [6.45, 7) is 10.8. The molecular weight excluding hydrogens is 242 g/mol. The summed E-state index contributed by atoms with van der Waals surface area (Å²) in [4.78, 5) is 5.63. The van der Waals surface area contributed by atoms with E-state index in [1.807, 2.05) is 0 Å². The predicted molar refractivity (Wildman–Crippen MR) is 76.5 cm³/mol. The fourth-order valence-electron chi connectivity index (χ4n) is 2.01. The third-order valence-electron chi connectivity index (χ3n) is 3.98. The SMILES string of the molecule is CC(C#CC1=NOC2(CCOCC2)C1)[Si](C)(C)C. The van der Waals surface area contributed by atoms with Gasteiger partial charge in [0.1, 0.15) is 11.3 Å². The number of hydrogen-bond acceptors (Lipinski definition) is 3. The summed E-state index contributed by atoms with van der Waals surface area (Å²) in [6.07, 6.45) is 2.73. The minimum atomic E-state index is -1.17. The van der Waals surface area contributed by atoms with Crippen LogP contribution in [0.1, 0.15) is 26.2 Å². The average molecular weight is 265 g/mol. The van der Waals surface area contributed by atoms with E-state index < -0.39 is 8.07 Å². The summed E-state index contributed by atoms with van der Waals surface area (Å²) >= 11 is 0. The highest BCUT2D eigenvalue weighted by Crippen LogP contribution is 2.33. The summed E-state index contributed by atoms with van der Waals surface area (Å²) in [6, 6.07) is 0. The first-order valence-corrected chi connectivity index (χ1v) is 10.3. The van der Waals surface area contributed by atoms with E-state index in [1.54, 1.807) is 0 Å². The zero-order chi connectivity index (χ0) is 13.2. The quantitative estimate of drug-likeness (QED) is 0.539. The van der Waals surface area contributed by atoms with Crippen LogP contribution in [0.2, 0.25) is 25.2 Å². The zero-order valence-corrected chi connectivity index (χ0v) is 12.9. The van der Waals surface area contributed by atoms with Gasteiger partial charge in [-0.3, -0.25) is 0 Å². The molecular formula is C14H23NO2Si. The molecule has 2 heterocycles. The third-order valence-corrected chi connectivity index (χ3v) is 6.72. The molecule has 0 aromatic carbocycles. The molecule has 0 aromatic rings. The Morgan fingerprint density at radius 3 is 2.56 bits per heavy atom. The molecule has 1 fully saturated rings. The number of nitrogens with zero attached hydrogens (tertiary/aromatic N) is 1. The van der Waals surface area contributed by atoms with Crippen LogP contribution in [0.3, 0.4) is 0 Å². The van der Waals surface area contributed by atoms with Crippen LogP contribution in [0.4, 0.5) is 0 Å². The molecule has 4 heteroatoms. The number of oxime groups is 1. The van der Waals surface area contributed by atoms with Crippen molar-refractivity contribution >= 4 is 13.8 Å². The van der Waals surface area contributed by atoms with Gasteiger partial charge >= 0.3 is 0 Å². The van der Waals surface area contributed by atoms with Crippen molar-refractivity contribution in [1.29, 1.82) is 0 Å². The van der Waals surface area contributed by atoms with E-state index in [9.17, 15) is 0 Å². The number of rotatable bonds is 1. The maximum Gasteiger partial charge on any atom is 0.148 e. The summed E-state index contributed by atoms with van der Waals surface area (Å²) < 4.78 is 5.37. The van der Waals surface area contributed by atoms with E-state index in [4.69, 9.17) is 9.57 Å². The maximum absolute atomic E-state index is 5.63. The van der Waals surface area contributed by atoms with E-state index in [0.717, 1.165) is 38.2 Å². The molecule has 0 amide bonds. The lowest BCUT2D eigenvalue weighted by molar-refractivity contribution is -0.0919. The minimum absolute atomic E-state index is 0.106. The van der Waals surface area contributed by atoms with E-state index in [1.165, 1.54) is 0 Å². The molecule has 0 aromatic heterocycles. The van der Waals surface area contributed by atoms with Gasteiger partial charge in [0.25, 0.3) is 0 Å². The van der Waals surface area contributed by atoms with Gasteiger partial charge in [0.2, 0.25) is 0 Å². The lowest BCUT2D eigenvalue weighted by Gasteiger charge is -2.30. The van der Waals surface area contributed by atoms with Crippen molar-refractivity contribution in [2.24, 2.45) is 5.16 Å². The molecule has 18 heavy (non-hydrogen) atoms. The Labute approximate surface area is 111 Å². The van der Waals surface area contributed by atoms with Crippen molar-refractivity contribution in [3.8, 4) is 11.8 Å². The summed E-state index contributed by atoms with van der Waals surface area (Å²) in [5, 5.41) is 4.17. The minimum Gasteiger partial charge on any atom is -0.388 e. The van der Waals surface area contributed by atoms with Crippen LogP contribution in [-0.2, 0) is 9.57 Å². The van der Waals surface area contributed by atoms with Crippen LogP contribution in [0.5, 0.6) is 0 Å². The number of ether oxygens (including phenoxy) is 1. The molecule has 0 radical (unpaired) electrons. The van der Waals surface area contributed by atoms with Gasteiger partial charge in [0, 0.05) is 24.8 Å². The van der Waals surface area contributed by atoms with Gasteiger partial charge in [-0.15, -0.1) is 0 Å². The highest BCUT2D eigenvalue weighted by atomic mass is 28.3. The Bertz CT molecular complexity index is 394. The maximum atomic E-state index is 5.63. The standard InChI is InChI=1S/C14H23NO2Si/c1-12(18(2,3)4)5-6-13-11-14(17-15-13)7-9-16-10-8-14/h12H,7-11H2,1-4H3. The van der Waals surface area contributed by atoms with Crippen molar-refractivity contribution in [3.05, 3.63) is 0 Å². The van der Waals surface area contributed by atoms with Crippen molar-refractivity contribution in [2.45, 2.75) is 57.0 Å². The van der Waals surface area contributed by atoms with Crippen LogP contribution in [-0.4, -0.2) is 32.6 Å². The van der Waals surface area contributed by atoms with Crippen molar-refractivity contribution < 1.29 is 9.57 Å². The smallest absolute Gasteiger partial charge is 0.148 e. The largest absolute Gasteiger partial charge is 0.388 e. The molecule has 0 aliphatic carbocycles. The Kier molecular flexibility index (Phi) is 3.84. The van der Waals surface area contributed by atoms with Crippen LogP contribution in [0.15, 0.2) is 5.16 Å². The van der Waals surface area contributed by atoms with Gasteiger partial charge in [-0.05, 0) is 5.92 Å². The van der Waals surface area contributed by atoms with Crippen LogP contribution < -0.4 is 0 Å². The Morgan fingerprint density at radius 1 is 1.28 bits per heavy atom. The highest BCUT2D eigenvalue weighted by molar-refractivity contribution is 6.78. The molecule has 1 saturated heterocycles. The summed E-state index contributed by atoms with van der Waals surface area (Å²) in [5.74, 6) is 6.58. The summed E-state index contributed by atoms with van der Waals surface area (Å²) in [5.41, 5.74) is 1.30. The van der Waals surface area contributed by atoms with Crippen molar-refractivity contribution in [1.82, 2.24) is 0 Å². The average Bonchev–Trinajstić information content (AvgIpc) is 2.69. The lowest BCUT2D eigenvalue weighted by atomic mass is 9.89. The first kappa shape index (κ1) is 13.6. The van der Waals surface area contributed by atoms with Gasteiger partial charge in [-0.1, -0.05) is 37.6 Å². The van der Waals surface area contributed by atoms with E-state index in [-0.39, 0.29) is 5.60 Å². The second-order valence-corrected chi connectivity index (χ2v) is 12.1. The van der Waals surface area contributed by atoms with Crippen LogP contribution >= 0.6 is 0 Å². The molecule has 2 aliphatic heterocycles. The monoisotopic (exact) mass is 265 g/mol. The van der Waals surface area contributed by atoms with Crippen molar-refractivity contribution in [3.63, 3.8) is 0 Å². The second kappa shape index (κ2) is 5.06. The van der Waals surface area contributed by atoms with E-state index >= 15 is 0 Å². The zero-order valence-electron chi connectivity index (χ0n) is 11.9. The van der Waals surface area contributed by atoms with Gasteiger partial charge in [-0.25, -0.2) is 0 Å². The van der Waals surface area contributed by atoms with E-state index in [2.05, 4.69) is 43.6 Å². The first-order chi connectivity index (χ1) is 8.41. The second-order valence-electron chi connectivity index (χ2n) is 6.46. The third kappa shape index (κ3) is 3.15. The predicted octanol–water partition coefficient (Wildman–Crippen LogP) is 3.04. The lowest BCUT2D eigenvalue weighted by Crippen LogP contribution is -2.36. The van der Waals surface area contributed by atoms with Gasteiger partial charge in [-0.2, -0.15) is 0 Å². The van der Waals surface area contributed by atoms with Gasteiger partial charge in [0.05, 0.1) is 21.3 Å². The Morgan fingerprint density at radius 2 is 1.94 bits per heavy atom. The molecule has 2 aliphatic rings. The molecule has 3 nitrogen and oxygen atoms in total. The molecule has 0 bridgehead atoms. The number of hydrogen-bond donors (Lipinski definition) is 0. The van der Waals surface area contributed by atoms with E-state index in [0.29, 0.717) is 5.54 Å². The van der Waals surface area contributed by atoms with Gasteiger partial charge in [0.15, 0.2) is 0 Å². The molecule has 0 saturated carbocycles. The van der Waals surface area contributed by atoms with Crippen molar-refractivity contribution in [2.75, 3.05) is 13.2 Å². The Balaban J connectivity index is 1.95. The normalized spacial score (nSPS) is 23.9.